The molecule has 2 N–H and O–H groups in total. The van der Waals surface area contributed by atoms with Crippen molar-refractivity contribution in [2.75, 3.05) is 0 Å². The summed E-state index contributed by atoms with van der Waals surface area (Å²) < 4.78 is 0. The molecule has 0 bridgehead atoms. The van der Waals surface area contributed by atoms with Crippen molar-refractivity contribution in [2.24, 2.45) is 10.2 Å². The smallest absolute Gasteiger partial charge is 0.207 e. The zero-order chi connectivity index (χ0) is 19.2. The largest absolute Gasteiger partial charge is 0.252 e. The molecule has 0 aromatic heterocycles. The number of nitrogens with one attached hydrogen (secondary N) is 2. The van der Waals surface area contributed by atoms with Crippen molar-refractivity contribution in [3.63, 3.8) is 0 Å². The van der Waals surface area contributed by atoms with Gasteiger partial charge in [-0.05, 0) is 33.8 Å². The van der Waals surface area contributed by atoms with Crippen LogP contribution in [-0.2, 0) is 0 Å². The van der Waals surface area contributed by atoms with Gasteiger partial charge in [0.05, 0.1) is 12.4 Å². The highest BCUT2D eigenvalue weighted by Crippen LogP contribution is 2.17. The minimum atomic E-state index is 0.327. The molecule has 5 heteroatoms. The van der Waals surface area contributed by atoms with Gasteiger partial charge in [-0.2, -0.15) is 10.2 Å². The summed E-state index contributed by atoms with van der Waals surface area (Å²) in [6, 6.07) is 28.6. The first-order valence-corrected chi connectivity index (χ1v) is 9.30. The summed E-state index contributed by atoms with van der Waals surface area (Å²) >= 11 is 5.23. The molecule has 0 aliphatic heterocycles. The molecule has 28 heavy (non-hydrogen) atoms. The van der Waals surface area contributed by atoms with Crippen LogP contribution in [0, 0.1) is 0 Å². The van der Waals surface area contributed by atoms with Gasteiger partial charge in [-0.3, -0.25) is 10.9 Å². The maximum atomic E-state index is 5.23. The number of fused-ring (bicyclic) bond motifs is 2. The minimum Gasteiger partial charge on any atom is -0.252 e. The minimum absolute atomic E-state index is 0.327. The first kappa shape index (κ1) is 17.8. The van der Waals surface area contributed by atoms with E-state index in [1.807, 2.05) is 48.5 Å². The summed E-state index contributed by atoms with van der Waals surface area (Å²) in [5.41, 5.74) is 7.63. The highest BCUT2D eigenvalue weighted by Gasteiger charge is 1.98. The molecule has 4 nitrogen and oxygen atoms in total. The van der Waals surface area contributed by atoms with Gasteiger partial charge >= 0.3 is 0 Å². The number of nitrogens with zero attached hydrogens (tertiary/aromatic N) is 2. The zero-order valence-corrected chi connectivity index (χ0v) is 15.9. The van der Waals surface area contributed by atoms with Gasteiger partial charge in [0.1, 0.15) is 0 Å². The Balaban J connectivity index is 1.39. The lowest BCUT2D eigenvalue weighted by atomic mass is 10.1. The molecule has 0 saturated carbocycles. The Hall–Kier alpha value is -3.57. The quantitative estimate of drug-likeness (QED) is 0.302. The lowest BCUT2D eigenvalue weighted by Gasteiger charge is -2.04. The van der Waals surface area contributed by atoms with Gasteiger partial charge in [0.2, 0.25) is 5.11 Å². The Bertz CT molecular complexity index is 1090. The number of thiocarbonyl (C=S) groups is 1. The van der Waals surface area contributed by atoms with Crippen LogP contribution in [0.25, 0.3) is 21.5 Å². The predicted octanol–water partition coefficient (Wildman–Crippen LogP) is 4.83. The molecule has 0 heterocycles. The van der Waals surface area contributed by atoms with E-state index in [1.54, 1.807) is 12.4 Å². The summed E-state index contributed by atoms with van der Waals surface area (Å²) in [6.07, 6.45) is 3.51. The predicted molar refractivity (Wildman–Crippen MR) is 122 cm³/mol. The molecule has 0 radical (unpaired) electrons. The van der Waals surface area contributed by atoms with Crippen LogP contribution in [0.4, 0.5) is 0 Å². The third-order valence-electron chi connectivity index (χ3n) is 4.39. The van der Waals surface area contributed by atoms with Crippen molar-refractivity contribution in [1.29, 1.82) is 0 Å². The maximum absolute atomic E-state index is 5.23. The molecule has 136 valence electrons. The lowest BCUT2D eigenvalue weighted by molar-refractivity contribution is 0.935. The van der Waals surface area contributed by atoms with E-state index in [-0.39, 0.29) is 0 Å². The van der Waals surface area contributed by atoms with Gasteiger partial charge in [0, 0.05) is 11.1 Å². The SMILES string of the molecule is S=C(N/N=C/c1cccc2ccccc12)N/N=C/c1cccc2ccccc12. The first-order valence-electron chi connectivity index (χ1n) is 8.89. The van der Waals surface area contributed by atoms with E-state index in [9.17, 15) is 0 Å². The number of rotatable bonds is 4. The van der Waals surface area contributed by atoms with Gasteiger partial charge in [0.15, 0.2) is 0 Å². The van der Waals surface area contributed by atoms with E-state index in [4.69, 9.17) is 12.2 Å². The molecule has 4 aromatic rings. The van der Waals surface area contributed by atoms with Crippen LogP contribution in [0.15, 0.2) is 95.1 Å². The van der Waals surface area contributed by atoms with Crippen LogP contribution in [0.3, 0.4) is 0 Å². The molecule has 4 rings (SSSR count). The number of hydrogen-bond donors (Lipinski definition) is 2. The fraction of sp³-hybridized carbons (Fsp3) is 0. The maximum Gasteiger partial charge on any atom is 0.207 e. The van der Waals surface area contributed by atoms with E-state index in [0.717, 1.165) is 21.9 Å². The second-order valence-corrected chi connectivity index (χ2v) is 6.61. The summed E-state index contributed by atoms with van der Waals surface area (Å²) in [5.74, 6) is 0. The summed E-state index contributed by atoms with van der Waals surface area (Å²) in [4.78, 5) is 0. The highest BCUT2D eigenvalue weighted by molar-refractivity contribution is 7.80. The fourth-order valence-electron chi connectivity index (χ4n) is 3.07. The van der Waals surface area contributed by atoms with Crippen LogP contribution < -0.4 is 10.9 Å². The molecular weight excluding hydrogens is 364 g/mol. The highest BCUT2D eigenvalue weighted by atomic mass is 32.1. The van der Waals surface area contributed by atoms with E-state index in [1.165, 1.54) is 10.8 Å². The molecule has 0 atom stereocenters. The summed E-state index contributed by atoms with van der Waals surface area (Å²) in [6.45, 7) is 0. The Morgan fingerprint density at radius 1 is 0.607 bits per heavy atom. The summed E-state index contributed by atoms with van der Waals surface area (Å²) in [5, 5.41) is 13.4. The Labute approximate surface area is 168 Å². The molecule has 0 amide bonds. The topological polar surface area (TPSA) is 48.8 Å². The van der Waals surface area contributed by atoms with Crippen LogP contribution >= 0.6 is 12.2 Å². The van der Waals surface area contributed by atoms with Gasteiger partial charge in [-0.15, -0.1) is 0 Å². The van der Waals surface area contributed by atoms with Gasteiger partial charge < -0.3 is 0 Å². The first-order chi connectivity index (χ1) is 13.8. The number of hydrogen-bond acceptors (Lipinski definition) is 3. The molecular formula is C23H18N4S. The average Bonchev–Trinajstić information content (AvgIpc) is 2.74. The second-order valence-electron chi connectivity index (χ2n) is 6.21. The fourth-order valence-corrected chi connectivity index (χ4v) is 3.18. The van der Waals surface area contributed by atoms with Crippen molar-refractivity contribution in [3.8, 4) is 0 Å². The molecule has 4 aromatic carbocycles. The van der Waals surface area contributed by atoms with Gasteiger partial charge in [-0.25, -0.2) is 0 Å². The standard InChI is InChI=1S/C23H18N4S/c28-23(26-24-15-19-11-5-9-17-7-1-3-13-21(17)19)27-25-16-20-12-6-10-18-8-2-4-14-22(18)20/h1-16H,(H2,26,27,28)/b24-15+,25-16+. The van der Waals surface area contributed by atoms with Crippen LogP contribution in [0.1, 0.15) is 11.1 Å². The normalized spacial score (nSPS) is 11.4. The lowest BCUT2D eigenvalue weighted by Crippen LogP contribution is -2.28. The Morgan fingerprint density at radius 3 is 1.54 bits per heavy atom. The number of hydrazone groups is 2. The van der Waals surface area contributed by atoms with Crippen molar-refractivity contribution in [2.45, 2.75) is 0 Å². The third kappa shape index (κ3) is 4.05. The van der Waals surface area contributed by atoms with Gasteiger partial charge in [0.25, 0.3) is 0 Å². The molecule has 0 spiro atoms. The van der Waals surface area contributed by atoms with Crippen molar-refractivity contribution in [3.05, 3.63) is 96.1 Å². The molecule has 0 unspecified atom stereocenters. The average molecular weight is 382 g/mol. The van der Waals surface area contributed by atoms with E-state index < -0.39 is 0 Å². The van der Waals surface area contributed by atoms with Crippen molar-refractivity contribution < 1.29 is 0 Å². The molecule has 0 aliphatic rings. The van der Waals surface area contributed by atoms with Crippen LogP contribution in [-0.4, -0.2) is 17.5 Å². The Morgan fingerprint density at radius 2 is 1.04 bits per heavy atom. The van der Waals surface area contributed by atoms with E-state index in [0.29, 0.717) is 5.11 Å². The van der Waals surface area contributed by atoms with E-state index in [2.05, 4.69) is 57.5 Å². The van der Waals surface area contributed by atoms with Crippen molar-refractivity contribution >= 4 is 51.3 Å². The molecule has 0 saturated heterocycles. The molecule has 0 aliphatic carbocycles. The summed E-state index contributed by atoms with van der Waals surface area (Å²) in [7, 11) is 0. The van der Waals surface area contributed by atoms with E-state index >= 15 is 0 Å². The third-order valence-corrected chi connectivity index (χ3v) is 4.57. The Kier molecular flexibility index (Phi) is 5.36. The molecule has 0 fully saturated rings. The monoisotopic (exact) mass is 382 g/mol. The van der Waals surface area contributed by atoms with Crippen LogP contribution in [0.5, 0.6) is 0 Å². The number of benzene rings is 4. The van der Waals surface area contributed by atoms with Crippen LogP contribution in [0.2, 0.25) is 0 Å². The second kappa shape index (κ2) is 8.41. The van der Waals surface area contributed by atoms with Gasteiger partial charge in [-0.1, -0.05) is 84.9 Å². The van der Waals surface area contributed by atoms with Crippen molar-refractivity contribution in [1.82, 2.24) is 10.9 Å². The zero-order valence-electron chi connectivity index (χ0n) is 15.0.